The standard InChI is InChI=1S/C15H15Cl2NOS/c1-2-20-15-5-3-4-13(11(15)9-18)19-14-8-10(16)6-7-12(14)17/h3-8H,2,9,18H2,1H3. The number of rotatable bonds is 5. The Balaban J connectivity index is 2.37. The normalized spacial score (nSPS) is 10.6. The van der Waals surface area contributed by atoms with Crippen LogP contribution >= 0.6 is 35.0 Å². The van der Waals surface area contributed by atoms with Crippen molar-refractivity contribution in [2.45, 2.75) is 18.4 Å². The Hall–Kier alpha value is -0.870. The summed E-state index contributed by atoms with van der Waals surface area (Å²) in [6.07, 6.45) is 0. The van der Waals surface area contributed by atoms with Crippen molar-refractivity contribution in [3.8, 4) is 11.5 Å². The Bertz CT molecular complexity index is 604. The average molecular weight is 328 g/mol. The van der Waals surface area contributed by atoms with Gasteiger partial charge in [0, 0.05) is 28.1 Å². The Morgan fingerprint density at radius 3 is 2.65 bits per heavy atom. The number of hydrogen-bond acceptors (Lipinski definition) is 3. The number of ether oxygens (including phenoxy) is 1. The highest BCUT2D eigenvalue weighted by atomic mass is 35.5. The first-order chi connectivity index (χ1) is 9.65. The highest BCUT2D eigenvalue weighted by Crippen LogP contribution is 2.36. The van der Waals surface area contributed by atoms with Crippen LogP contribution in [0.1, 0.15) is 12.5 Å². The third-order valence-electron chi connectivity index (χ3n) is 2.71. The van der Waals surface area contributed by atoms with Gasteiger partial charge in [0.2, 0.25) is 0 Å². The van der Waals surface area contributed by atoms with Crippen molar-refractivity contribution >= 4 is 35.0 Å². The first-order valence-corrected chi connectivity index (χ1v) is 7.97. The largest absolute Gasteiger partial charge is 0.455 e. The topological polar surface area (TPSA) is 35.2 Å². The lowest BCUT2D eigenvalue weighted by molar-refractivity contribution is 0.474. The van der Waals surface area contributed by atoms with E-state index in [1.165, 1.54) is 0 Å². The molecule has 0 saturated carbocycles. The molecule has 2 rings (SSSR count). The van der Waals surface area contributed by atoms with E-state index >= 15 is 0 Å². The van der Waals surface area contributed by atoms with Crippen molar-refractivity contribution < 1.29 is 4.74 Å². The van der Waals surface area contributed by atoms with Crippen LogP contribution < -0.4 is 10.5 Å². The van der Waals surface area contributed by atoms with Gasteiger partial charge in [-0.15, -0.1) is 11.8 Å². The lowest BCUT2D eigenvalue weighted by Gasteiger charge is -2.14. The number of thioether (sulfide) groups is 1. The van der Waals surface area contributed by atoms with E-state index in [4.69, 9.17) is 33.7 Å². The van der Waals surface area contributed by atoms with Crippen LogP contribution in [0.3, 0.4) is 0 Å². The molecule has 2 N–H and O–H groups in total. The van der Waals surface area contributed by atoms with Crippen LogP contribution in [0.25, 0.3) is 0 Å². The molecule has 0 saturated heterocycles. The summed E-state index contributed by atoms with van der Waals surface area (Å²) < 4.78 is 5.89. The zero-order valence-electron chi connectivity index (χ0n) is 11.0. The number of nitrogens with two attached hydrogens (primary N) is 1. The first kappa shape index (κ1) is 15.5. The number of hydrogen-bond donors (Lipinski definition) is 1. The van der Waals surface area contributed by atoms with Gasteiger partial charge in [-0.1, -0.05) is 36.2 Å². The maximum atomic E-state index is 6.12. The molecule has 0 bridgehead atoms. The van der Waals surface area contributed by atoms with Crippen molar-refractivity contribution in [2.24, 2.45) is 5.73 Å². The molecule has 106 valence electrons. The van der Waals surface area contributed by atoms with Gasteiger partial charge in [0.25, 0.3) is 0 Å². The average Bonchev–Trinajstić information content (AvgIpc) is 2.43. The van der Waals surface area contributed by atoms with Gasteiger partial charge in [-0.3, -0.25) is 0 Å². The van der Waals surface area contributed by atoms with Gasteiger partial charge < -0.3 is 10.5 Å². The van der Waals surface area contributed by atoms with Crippen LogP contribution in [0.15, 0.2) is 41.3 Å². The SMILES string of the molecule is CCSc1cccc(Oc2cc(Cl)ccc2Cl)c1CN. The fourth-order valence-electron chi connectivity index (χ4n) is 1.81. The molecular formula is C15H15Cl2NOS. The fourth-order valence-corrected chi connectivity index (χ4v) is 2.97. The first-order valence-electron chi connectivity index (χ1n) is 6.23. The minimum absolute atomic E-state index is 0.413. The summed E-state index contributed by atoms with van der Waals surface area (Å²) in [5.41, 5.74) is 6.83. The van der Waals surface area contributed by atoms with Gasteiger partial charge in [0.05, 0.1) is 5.02 Å². The van der Waals surface area contributed by atoms with Gasteiger partial charge in [-0.05, 0) is 30.0 Å². The van der Waals surface area contributed by atoms with E-state index in [0.29, 0.717) is 22.3 Å². The summed E-state index contributed by atoms with van der Waals surface area (Å²) >= 11 is 13.8. The van der Waals surface area contributed by atoms with Gasteiger partial charge >= 0.3 is 0 Å². The van der Waals surface area contributed by atoms with Crippen molar-refractivity contribution in [1.29, 1.82) is 0 Å². The second-order valence-corrected chi connectivity index (χ2v) is 6.20. The van der Waals surface area contributed by atoms with Crippen molar-refractivity contribution in [3.63, 3.8) is 0 Å². The molecule has 2 aromatic rings. The predicted octanol–water partition coefficient (Wildman–Crippen LogP) is 5.36. The maximum absolute atomic E-state index is 6.12. The maximum Gasteiger partial charge on any atom is 0.147 e. The van der Waals surface area contributed by atoms with E-state index in [2.05, 4.69) is 6.92 Å². The Morgan fingerprint density at radius 1 is 1.15 bits per heavy atom. The molecule has 0 aliphatic carbocycles. The molecule has 0 radical (unpaired) electrons. The van der Waals surface area contributed by atoms with E-state index in [1.54, 1.807) is 30.0 Å². The molecule has 0 amide bonds. The molecule has 0 aliphatic rings. The van der Waals surface area contributed by atoms with Crippen LogP contribution in [-0.2, 0) is 6.54 Å². The van der Waals surface area contributed by atoms with Crippen LogP contribution in [0.2, 0.25) is 10.0 Å². The van der Waals surface area contributed by atoms with Crippen LogP contribution in [0, 0.1) is 0 Å². The predicted molar refractivity (Wildman–Crippen MR) is 87.3 cm³/mol. The summed E-state index contributed by atoms with van der Waals surface area (Å²) in [4.78, 5) is 1.13. The summed E-state index contributed by atoms with van der Waals surface area (Å²) in [7, 11) is 0. The minimum Gasteiger partial charge on any atom is -0.455 e. The molecule has 0 fully saturated rings. The Labute approximate surface area is 133 Å². The summed E-state index contributed by atoms with van der Waals surface area (Å²) in [5.74, 6) is 2.23. The Kier molecular flexibility index (Phi) is 5.61. The molecule has 0 spiro atoms. The molecular weight excluding hydrogens is 313 g/mol. The fraction of sp³-hybridized carbons (Fsp3) is 0.200. The van der Waals surface area contributed by atoms with Crippen LogP contribution in [-0.4, -0.2) is 5.75 Å². The van der Waals surface area contributed by atoms with Gasteiger partial charge in [0.15, 0.2) is 0 Å². The van der Waals surface area contributed by atoms with E-state index in [9.17, 15) is 0 Å². The van der Waals surface area contributed by atoms with E-state index < -0.39 is 0 Å². The third-order valence-corrected chi connectivity index (χ3v) is 4.24. The number of halogens is 2. The quantitative estimate of drug-likeness (QED) is 0.751. The second kappa shape index (κ2) is 7.23. The molecule has 2 aromatic carbocycles. The molecule has 0 aromatic heterocycles. The molecule has 0 aliphatic heterocycles. The zero-order valence-corrected chi connectivity index (χ0v) is 13.4. The van der Waals surface area contributed by atoms with E-state index in [0.717, 1.165) is 22.0 Å². The second-order valence-electron chi connectivity index (χ2n) is 4.05. The van der Waals surface area contributed by atoms with Crippen LogP contribution in [0.5, 0.6) is 11.5 Å². The lowest BCUT2D eigenvalue weighted by atomic mass is 10.2. The summed E-state index contributed by atoms with van der Waals surface area (Å²) in [5, 5.41) is 1.10. The monoisotopic (exact) mass is 327 g/mol. The zero-order chi connectivity index (χ0) is 14.5. The van der Waals surface area contributed by atoms with Gasteiger partial charge in [-0.2, -0.15) is 0 Å². The molecule has 5 heteroatoms. The van der Waals surface area contributed by atoms with E-state index in [-0.39, 0.29) is 0 Å². The van der Waals surface area contributed by atoms with Crippen molar-refractivity contribution in [2.75, 3.05) is 5.75 Å². The highest BCUT2D eigenvalue weighted by molar-refractivity contribution is 7.99. The summed E-state index contributed by atoms with van der Waals surface area (Å²) in [6.45, 7) is 2.52. The molecule has 0 unspecified atom stereocenters. The van der Waals surface area contributed by atoms with Crippen molar-refractivity contribution in [3.05, 3.63) is 52.0 Å². The Morgan fingerprint density at radius 2 is 1.95 bits per heavy atom. The lowest BCUT2D eigenvalue weighted by Crippen LogP contribution is -2.02. The minimum atomic E-state index is 0.413. The molecule has 0 heterocycles. The van der Waals surface area contributed by atoms with Gasteiger partial charge in [-0.25, -0.2) is 0 Å². The van der Waals surface area contributed by atoms with Gasteiger partial charge in [0.1, 0.15) is 11.5 Å². The van der Waals surface area contributed by atoms with Crippen molar-refractivity contribution in [1.82, 2.24) is 0 Å². The molecule has 2 nitrogen and oxygen atoms in total. The molecule has 0 atom stereocenters. The highest BCUT2D eigenvalue weighted by Gasteiger charge is 2.11. The van der Waals surface area contributed by atoms with E-state index in [1.807, 2.05) is 18.2 Å². The smallest absolute Gasteiger partial charge is 0.147 e. The third kappa shape index (κ3) is 3.61. The summed E-state index contributed by atoms with van der Waals surface area (Å²) in [6, 6.07) is 11.0. The molecule has 20 heavy (non-hydrogen) atoms. The van der Waals surface area contributed by atoms with Crippen LogP contribution in [0.4, 0.5) is 0 Å². The number of benzene rings is 2.